The van der Waals surface area contributed by atoms with Crippen LogP contribution in [0.25, 0.3) is 0 Å². The summed E-state index contributed by atoms with van der Waals surface area (Å²) in [5, 5.41) is 19.4. The van der Waals surface area contributed by atoms with Gasteiger partial charge in [0.2, 0.25) is 0 Å². The highest BCUT2D eigenvalue weighted by molar-refractivity contribution is 5.29. The summed E-state index contributed by atoms with van der Waals surface area (Å²) in [7, 11) is 0. The van der Waals surface area contributed by atoms with E-state index in [2.05, 4.69) is 13.8 Å². The van der Waals surface area contributed by atoms with E-state index in [4.69, 9.17) is 5.11 Å². The van der Waals surface area contributed by atoms with Crippen LogP contribution < -0.4 is 0 Å². The molecule has 1 aromatic rings. The molecule has 15 heavy (non-hydrogen) atoms. The molecule has 0 aliphatic rings. The number of hydrogen-bond donors (Lipinski definition) is 2. The van der Waals surface area contributed by atoms with Crippen molar-refractivity contribution < 1.29 is 10.2 Å². The molecular weight excluding hydrogens is 188 g/mol. The van der Waals surface area contributed by atoms with Crippen LogP contribution in [0.3, 0.4) is 0 Å². The summed E-state index contributed by atoms with van der Waals surface area (Å²) in [6.45, 7) is 6.11. The van der Waals surface area contributed by atoms with Gasteiger partial charge in [0, 0.05) is 0 Å². The third-order valence-corrected chi connectivity index (χ3v) is 2.70. The van der Waals surface area contributed by atoms with E-state index in [0.29, 0.717) is 5.92 Å². The molecule has 0 spiro atoms. The molecule has 84 valence electrons. The third-order valence-electron chi connectivity index (χ3n) is 2.70. The third kappa shape index (κ3) is 3.56. The second-order valence-corrected chi connectivity index (χ2v) is 4.75. The van der Waals surface area contributed by atoms with E-state index in [1.165, 1.54) is 0 Å². The first-order chi connectivity index (χ1) is 6.92. The SMILES string of the molecule is CC(C)CCC(C)(O)c1ccc(O)cc1. The molecule has 0 saturated heterocycles. The van der Waals surface area contributed by atoms with Crippen LogP contribution in [0.4, 0.5) is 0 Å². The zero-order valence-corrected chi connectivity index (χ0v) is 9.70. The smallest absolute Gasteiger partial charge is 0.115 e. The summed E-state index contributed by atoms with van der Waals surface area (Å²) in [6, 6.07) is 6.77. The Morgan fingerprint density at radius 2 is 1.73 bits per heavy atom. The summed E-state index contributed by atoms with van der Waals surface area (Å²) >= 11 is 0. The lowest BCUT2D eigenvalue weighted by molar-refractivity contribution is 0.0420. The number of benzene rings is 1. The minimum absolute atomic E-state index is 0.235. The van der Waals surface area contributed by atoms with Crippen LogP contribution >= 0.6 is 0 Å². The first-order valence-electron chi connectivity index (χ1n) is 5.44. The summed E-state index contributed by atoms with van der Waals surface area (Å²) in [5.74, 6) is 0.826. The molecule has 2 N–H and O–H groups in total. The largest absolute Gasteiger partial charge is 0.508 e. The number of hydrogen-bond acceptors (Lipinski definition) is 2. The fourth-order valence-electron chi connectivity index (χ4n) is 1.53. The van der Waals surface area contributed by atoms with Crippen LogP contribution in [0.1, 0.15) is 39.2 Å². The highest BCUT2D eigenvalue weighted by atomic mass is 16.3. The first kappa shape index (κ1) is 12.1. The van der Waals surface area contributed by atoms with Gasteiger partial charge < -0.3 is 10.2 Å². The number of phenolic OH excluding ortho intramolecular Hbond substituents is 1. The van der Waals surface area contributed by atoms with E-state index >= 15 is 0 Å². The Balaban J connectivity index is 2.72. The molecule has 1 atom stereocenters. The molecule has 2 heteroatoms. The van der Waals surface area contributed by atoms with Gasteiger partial charge in [-0.2, -0.15) is 0 Å². The molecular formula is C13H20O2. The maximum absolute atomic E-state index is 10.2. The monoisotopic (exact) mass is 208 g/mol. The molecule has 1 rings (SSSR count). The van der Waals surface area contributed by atoms with Gasteiger partial charge in [-0.15, -0.1) is 0 Å². The van der Waals surface area contributed by atoms with Gasteiger partial charge in [0.15, 0.2) is 0 Å². The van der Waals surface area contributed by atoms with Crippen LogP contribution in [0, 0.1) is 5.92 Å². The zero-order valence-electron chi connectivity index (χ0n) is 9.70. The van der Waals surface area contributed by atoms with E-state index in [1.807, 2.05) is 6.92 Å². The zero-order chi connectivity index (χ0) is 11.5. The summed E-state index contributed by atoms with van der Waals surface area (Å²) in [5.41, 5.74) is 0.0683. The Kier molecular flexibility index (Phi) is 3.75. The molecule has 0 fully saturated rings. The number of rotatable bonds is 4. The fraction of sp³-hybridized carbons (Fsp3) is 0.538. The molecule has 0 saturated carbocycles. The van der Waals surface area contributed by atoms with Crippen LogP contribution in [-0.2, 0) is 5.60 Å². The minimum Gasteiger partial charge on any atom is -0.508 e. The van der Waals surface area contributed by atoms with Gasteiger partial charge in [-0.05, 0) is 43.4 Å². The standard InChI is InChI=1S/C13H20O2/c1-10(2)8-9-13(3,15)11-4-6-12(14)7-5-11/h4-7,10,14-15H,8-9H2,1-3H3. The Hall–Kier alpha value is -1.02. The van der Waals surface area contributed by atoms with Gasteiger partial charge in [-0.3, -0.25) is 0 Å². The minimum atomic E-state index is -0.794. The number of aromatic hydroxyl groups is 1. The molecule has 0 aliphatic heterocycles. The molecule has 1 unspecified atom stereocenters. The van der Waals surface area contributed by atoms with Gasteiger partial charge in [0.05, 0.1) is 5.60 Å². The summed E-state index contributed by atoms with van der Waals surface area (Å²) < 4.78 is 0. The average Bonchev–Trinajstić information content (AvgIpc) is 2.16. The van der Waals surface area contributed by atoms with Gasteiger partial charge in [-0.25, -0.2) is 0 Å². The Labute approximate surface area is 91.6 Å². The summed E-state index contributed by atoms with van der Waals surface area (Å²) in [4.78, 5) is 0. The van der Waals surface area contributed by atoms with Crippen molar-refractivity contribution in [1.29, 1.82) is 0 Å². The highest BCUT2D eigenvalue weighted by Gasteiger charge is 2.22. The van der Waals surface area contributed by atoms with Crippen molar-refractivity contribution >= 4 is 0 Å². The van der Waals surface area contributed by atoms with Crippen molar-refractivity contribution in [2.75, 3.05) is 0 Å². The van der Waals surface area contributed by atoms with Gasteiger partial charge in [0.25, 0.3) is 0 Å². The first-order valence-corrected chi connectivity index (χ1v) is 5.44. The van der Waals surface area contributed by atoms with Crippen LogP contribution in [0.15, 0.2) is 24.3 Å². The van der Waals surface area contributed by atoms with Gasteiger partial charge in [0.1, 0.15) is 5.75 Å². The summed E-state index contributed by atoms with van der Waals surface area (Å²) in [6.07, 6.45) is 1.74. The normalized spacial score (nSPS) is 15.3. The van der Waals surface area contributed by atoms with Crippen LogP contribution in [-0.4, -0.2) is 10.2 Å². The van der Waals surface area contributed by atoms with E-state index in [0.717, 1.165) is 18.4 Å². The van der Waals surface area contributed by atoms with Crippen molar-refractivity contribution in [3.05, 3.63) is 29.8 Å². The highest BCUT2D eigenvalue weighted by Crippen LogP contribution is 2.28. The Morgan fingerprint density at radius 1 is 1.20 bits per heavy atom. The lowest BCUT2D eigenvalue weighted by atomic mass is 9.88. The second-order valence-electron chi connectivity index (χ2n) is 4.75. The predicted molar refractivity (Wildman–Crippen MR) is 61.7 cm³/mol. The molecule has 0 aliphatic carbocycles. The lowest BCUT2D eigenvalue weighted by Crippen LogP contribution is -2.21. The molecule has 0 radical (unpaired) electrons. The van der Waals surface area contributed by atoms with Crippen LogP contribution in [0.5, 0.6) is 5.75 Å². The van der Waals surface area contributed by atoms with E-state index in [-0.39, 0.29) is 5.75 Å². The predicted octanol–water partition coefficient (Wildman–Crippen LogP) is 3.04. The van der Waals surface area contributed by atoms with Crippen molar-refractivity contribution in [2.45, 2.75) is 39.2 Å². The lowest BCUT2D eigenvalue weighted by Gasteiger charge is -2.24. The number of phenols is 1. The van der Waals surface area contributed by atoms with E-state index in [1.54, 1.807) is 24.3 Å². The Bertz CT molecular complexity index is 299. The average molecular weight is 208 g/mol. The van der Waals surface area contributed by atoms with Crippen molar-refractivity contribution in [2.24, 2.45) is 5.92 Å². The number of aliphatic hydroxyl groups is 1. The maximum atomic E-state index is 10.2. The molecule has 2 nitrogen and oxygen atoms in total. The van der Waals surface area contributed by atoms with E-state index < -0.39 is 5.60 Å². The van der Waals surface area contributed by atoms with Crippen molar-refractivity contribution in [1.82, 2.24) is 0 Å². The van der Waals surface area contributed by atoms with Crippen LogP contribution in [0.2, 0.25) is 0 Å². The maximum Gasteiger partial charge on any atom is 0.115 e. The van der Waals surface area contributed by atoms with Gasteiger partial charge >= 0.3 is 0 Å². The van der Waals surface area contributed by atoms with Crippen molar-refractivity contribution in [3.8, 4) is 5.75 Å². The molecule has 0 aromatic heterocycles. The fourth-order valence-corrected chi connectivity index (χ4v) is 1.53. The Morgan fingerprint density at radius 3 is 2.20 bits per heavy atom. The van der Waals surface area contributed by atoms with Crippen molar-refractivity contribution in [3.63, 3.8) is 0 Å². The molecule has 0 amide bonds. The van der Waals surface area contributed by atoms with Gasteiger partial charge in [-0.1, -0.05) is 26.0 Å². The van der Waals surface area contributed by atoms with E-state index in [9.17, 15) is 5.11 Å². The topological polar surface area (TPSA) is 40.5 Å². The molecule has 0 heterocycles. The quantitative estimate of drug-likeness (QED) is 0.798. The molecule has 0 bridgehead atoms. The second kappa shape index (κ2) is 4.67. The molecule has 1 aromatic carbocycles.